The summed E-state index contributed by atoms with van der Waals surface area (Å²) in [4.78, 5) is 4.94. The molecule has 1 saturated heterocycles. The number of rotatable bonds is 6. The van der Waals surface area contributed by atoms with Gasteiger partial charge in [0.2, 0.25) is 0 Å². The van der Waals surface area contributed by atoms with E-state index in [0.717, 1.165) is 57.0 Å². The van der Waals surface area contributed by atoms with Crippen molar-refractivity contribution >= 4 is 0 Å². The Balaban J connectivity index is 1.43. The Morgan fingerprint density at radius 1 is 0.917 bits per heavy atom. The minimum atomic E-state index is -0.143. The van der Waals surface area contributed by atoms with E-state index in [1.807, 2.05) is 18.2 Å². The van der Waals surface area contributed by atoms with Crippen molar-refractivity contribution in [3.63, 3.8) is 0 Å². The van der Waals surface area contributed by atoms with Crippen LogP contribution in [0.4, 0.5) is 4.39 Å². The van der Waals surface area contributed by atoms with Gasteiger partial charge in [-0.05, 0) is 41.8 Å². The largest absolute Gasteiger partial charge is 0.497 e. The number of hydrogen-bond acceptors (Lipinski definition) is 3. The molecule has 3 rings (SSSR count). The van der Waals surface area contributed by atoms with Gasteiger partial charge in [0.05, 0.1) is 7.11 Å². The molecule has 0 N–H and O–H groups in total. The van der Waals surface area contributed by atoms with Gasteiger partial charge in [0, 0.05) is 39.3 Å². The Morgan fingerprint density at radius 3 is 2.38 bits per heavy atom. The number of ether oxygens (including phenoxy) is 1. The van der Waals surface area contributed by atoms with Crippen LogP contribution in [0.2, 0.25) is 0 Å². The summed E-state index contributed by atoms with van der Waals surface area (Å²) in [6.07, 6.45) is 0.910. The van der Waals surface area contributed by atoms with Crippen molar-refractivity contribution < 1.29 is 9.13 Å². The molecule has 0 aromatic heterocycles. The number of benzene rings is 2. The third kappa shape index (κ3) is 4.79. The Bertz CT molecular complexity index is 654. The van der Waals surface area contributed by atoms with Crippen LogP contribution in [-0.4, -0.2) is 49.6 Å². The standard InChI is InChI=1S/C20H25FN2O/c1-24-20-7-3-5-18(15-20)16-23-12-10-22(11-13-23)9-8-17-4-2-6-19(21)14-17/h2-7,14-15H,8-13,16H2,1H3. The molecule has 0 spiro atoms. The van der Waals surface area contributed by atoms with Crippen LogP contribution in [0, 0.1) is 5.82 Å². The summed E-state index contributed by atoms with van der Waals surface area (Å²) in [6, 6.07) is 15.2. The first-order chi connectivity index (χ1) is 11.7. The molecule has 0 amide bonds. The number of piperazine rings is 1. The van der Waals surface area contributed by atoms with Crippen LogP contribution < -0.4 is 4.74 Å². The van der Waals surface area contributed by atoms with E-state index in [1.165, 1.54) is 11.6 Å². The Morgan fingerprint density at radius 2 is 1.62 bits per heavy atom. The summed E-state index contributed by atoms with van der Waals surface area (Å²) in [5.74, 6) is 0.775. The van der Waals surface area contributed by atoms with Crippen molar-refractivity contribution in [1.82, 2.24) is 9.80 Å². The van der Waals surface area contributed by atoms with E-state index in [-0.39, 0.29) is 5.82 Å². The third-order valence-corrected chi connectivity index (χ3v) is 4.61. The number of nitrogens with zero attached hydrogens (tertiary/aromatic N) is 2. The maximum Gasteiger partial charge on any atom is 0.123 e. The van der Waals surface area contributed by atoms with E-state index in [1.54, 1.807) is 19.2 Å². The van der Waals surface area contributed by atoms with Crippen molar-refractivity contribution in [3.8, 4) is 5.75 Å². The van der Waals surface area contributed by atoms with Crippen LogP contribution in [0.1, 0.15) is 11.1 Å². The molecule has 1 fully saturated rings. The lowest BCUT2D eigenvalue weighted by Crippen LogP contribution is -2.46. The van der Waals surface area contributed by atoms with E-state index >= 15 is 0 Å². The van der Waals surface area contributed by atoms with Gasteiger partial charge in [-0.2, -0.15) is 0 Å². The fraction of sp³-hybridized carbons (Fsp3) is 0.400. The molecule has 1 heterocycles. The van der Waals surface area contributed by atoms with Gasteiger partial charge in [0.25, 0.3) is 0 Å². The second kappa shape index (κ2) is 8.27. The molecule has 0 radical (unpaired) electrons. The van der Waals surface area contributed by atoms with E-state index in [4.69, 9.17) is 4.74 Å². The molecule has 0 saturated carbocycles. The van der Waals surface area contributed by atoms with Gasteiger partial charge in [0.15, 0.2) is 0 Å². The molecule has 0 bridgehead atoms. The predicted octanol–water partition coefficient (Wildman–Crippen LogP) is 3.19. The normalized spacial score (nSPS) is 16.2. The maximum absolute atomic E-state index is 13.2. The molecular formula is C20H25FN2O. The Labute approximate surface area is 143 Å². The van der Waals surface area contributed by atoms with Gasteiger partial charge in [0.1, 0.15) is 11.6 Å². The highest BCUT2D eigenvalue weighted by Gasteiger charge is 2.16. The summed E-state index contributed by atoms with van der Waals surface area (Å²) in [6.45, 7) is 6.24. The summed E-state index contributed by atoms with van der Waals surface area (Å²) >= 11 is 0. The Hall–Kier alpha value is -1.91. The smallest absolute Gasteiger partial charge is 0.123 e. The quantitative estimate of drug-likeness (QED) is 0.810. The second-order valence-electron chi connectivity index (χ2n) is 6.35. The summed E-state index contributed by atoms with van der Waals surface area (Å²) < 4.78 is 18.5. The Kier molecular flexibility index (Phi) is 5.83. The molecular weight excluding hydrogens is 303 g/mol. The molecule has 1 aliphatic heterocycles. The van der Waals surface area contributed by atoms with E-state index in [0.29, 0.717) is 0 Å². The van der Waals surface area contributed by atoms with Gasteiger partial charge in [-0.25, -0.2) is 4.39 Å². The average Bonchev–Trinajstić information content (AvgIpc) is 2.61. The van der Waals surface area contributed by atoms with Crippen molar-refractivity contribution in [1.29, 1.82) is 0 Å². The van der Waals surface area contributed by atoms with Crippen LogP contribution in [0.3, 0.4) is 0 Å². The van der Waals surface area contributed by atoms with Crippen LogP contribution in [0.25, 0.3) is 0 Å². The first-order valence-electron chi connectivity index (χ1n) is 8.55. The SMILES string of the molecule is COc1cccc(CN2CCN(CCc3cccc(F)c3)CC2)c1. The summed E-state index contributed by atoms with van der Waals surface area (Å²) in [5.41, 5.74) is 2.37. The molecule has 0 unspecified atom stereocenters. The van der Waals surface area contributed by atoms with E-state index in [9.17, 15) is 4.39 Å². The number of halogens is 1. The molecule has 3 nitrogen and oxygen atoms in total. The number of methoxy groups -OCH3 is 1. The van der Waals surface area contributed by atoms with Crippen LogP contribution in [0.15, 0.2) is 48.5 Å². The zero-order valence-corrected chi connectivity index (χ0v) is 14.2. The van der Waals surface area contributed by atoms with Gasteiger partial charge in [-0.15, -0.1) is 0 Å². The second-order valence-corrected chi connectivity index (χ2v) is 6.35. The maximum atomic E-state index is 13.2. The zero-order valence-electron chi connectivity index (χ0n) is 14.2. The fourth-order valence-corrected chi connectivity index (χ4v) is 3.18. The first-order valence-corrected chi connectivity index (χ1v) is 8.55. The molecule has 2 aromatic carbocycles. The average molecular weight is 328 g/mol. The fourth-order valence-electron chi connectivity index (χ4n) is 3.18. The summed E-state index contributed by atoms with van der Waals surface area (Å²) in [5, 5.41) is 0. The molecule has 24 heavy (non-hydrogen) atoms. The minimum Gasteiger partial charge on any atom is -0.497 e. The van der Waals surface area contributed by atoms with Crippen molar-refractivity contribution in [2.45, 2.75) is 13.0 Å². The molecule has 2 aromatic rings. The molecule has 0 atom stereocenters. The van der Waals surface area contributed by atoms with E-state index in [2.05, 4.69) is 21.9 Å². The topological polar surface area (TPSA) is 15.7 Å². The lowest BCUT2D eigenvalue weighted by atomic mass is 10.1. The van der Waals surface area contributed by atoms with Gasteiger partial charge in [-0.1, -0.05) is 24.3 Å². The zero-order chi connectivity index (χ0) is 16.8. The van der Waals surface area contributed by atoms with Crippen LogP contribution in [-0.2, 0) is 13.0 Å². The molecule has 0 aliphatic carbocycles. The van der Waals surface area contributed by atoms with Gasteiger partial charge in [-0.3, -0.25) is 4.90 Å². The number of hydrogen-bond donors (Lipinski definition) is 0. The van der Waals surface area contributed by atoms with Crippen molar-refractivity contribution in [2.24, 2.45) is 0 Å². The highest BCUT2D eigenvalue weighted by Crippen LogP contribution is 2.15. The lowest BCUT2D eigenvalue weighted by molar-refractivity contribution is 0.128. The predicted molar refractivity (Wildman–Crippen MR) is 94.8 cm³/mol. The monoisotopic (exact) mass is 328 g/mol. The van der Waals surface area contributed by atoms with Gasteiger partial charge < -0.3 is 9.64 Å². The minimum absolute atomic E-state index is 0.143. The van der Waals surface area contributed by atoms with Crippen molar-refractivity contribution in [2.75, 3.05) is 39.8 Å². The molecule has 128 valence electrons. The molecule has 4 heteroatoms. The van der Waals surface area contributed by atoms with Crippen LogP contribution >= 0.6 is 0 Å². The lowest BCUT2D eigenvalue weighted by Gasteiger charge is -2.34. The van der Waals surface area contributed by atoms with Gasteiger partial charge >= 0.3 is 0 Å². The van der Waals surface area contributed by atoms with Crippen LogP contribution in [0.5, 0.6) is 5.75 Å². The summed E-state index contributed by atoms with van der Waals surface area (Å²) in [7, 11) is 1.70. The first kappa shape index (κ1) is 16.9. The highest BCUT2D eigenvalue weighted by molar-refractivity contribution is 5.28. The highest BCUT2D eigenvalue weighted by atomic mass is 19.1. The molecule has 1 aliphatic rings. The third-order valence-electron chi connectivity index (χ3n) is 4.61. The van der Waals surface area contributed by atoms with Crippen molar-refractivity contribution in [3.05, 3.63) is 65.5 Å². The van der Waals surface area contributed by atoms with E-state index < -0.39 is 0 Å².